The van der Waals surface area contributed by atoms with Gasteiger partial charge in [-0.05, 0) is 37.1 Å². The third kappa shape index (κ3) is 3.82. The summed E-state index contributed by atoms with van der Waals surface area (Å²) >= 11 is 3.23. The number of halogens is 1. The minimum atomic E-state index is -0.987. The molecule has 1 unspecified atom stereocenters. The van der Waals surface area contributed by atoms with Crippen LogP contribution in [-0.4, -0.2) is 21.7 Å². The van der Waals surface area contributed by atoms with Gasteiger partial charge in [0.2, 0.25) is 0 Å². The van der Waals surface area contributed by atoms with E-state index in [0.717, 1.165) is 17.2 Å². The predicted molar refractivity (Wildman–Crippen MR) is 70.6 cm³/mol. The molecule has 0 fully saturated rings. The molecule has 0 spiro atoms. The molecule has 0 aliphatic carbocycles. The van der Waals surface area contributed by atoms with Gasteiger partial charge in [-0.25, -0.2) is 4.79 Å². The zero-order valence-corrected chi connectivity index (χ0v) is 11.2. The van der Waals surface area contributed by atoms with Crippen molar-refractivity contribution >= 4 is 33.8 Å². The molecule has 0 heterocycles. The van der Waals surface area contributed by atoms with Crippen molar-refractivity contribution in [1.82, 2.24) is 0 Å². The van der Waals surface area contributed by atoms with Crippen LogP contribution in [0.15, 0.2) is 24.3 Å². The van der Waals surface area contributed by atoms with Gasteiger partial charge in [0.15, 0.2) is 5.78 Å². The van der Waals surface area contributed by atoms with Gasteiger partial charge in [-0.2, -0.15) is 0 Å². The van der Waals surface area contributed by atoms with Crippen LogP contribution in [0.4, 0.5) is 0 Å². The van der Waals surface area contributed by atoms with Gasteiger partial charge in [-0.3, -0.25) is 4.79 Å². The average Bonchev–Trinajstić information content (AvgIpc) is 2.26. The summed E-state index contributed by atoms with van der Waals surface area (Å²) in [6, 6.07) is 5.22. The number of rotatable bonds is 4. The van der Waals surface area contributed by atoms with Crippen LogP contribution in [0.3, 0.4) is 0 Å². The zero-order valence-electron chi connectivity index (χ0n) is 9.61. The lowest BCUT2D eigenvalue weighted by Gasteiger charge is -2.06. The van der Waals surface area contributed by atoms with Crippen molar-refractivity contribution in [3.8, 4) is 0 Å². The number of Topliss-reactive ketones (excluding diaryl/α,β-unsaturated/α-hetero) is 1. The summed E-state index contributed by atoms with van der Waals surface area (Å²) < 4.78 is 0. The van der Waals surface area contributed by atoms with E-state index < -0.39 is 5.97 Å². The molecule has 0 aliphatic rings. The maximum Gasteiger partial charge on any atom is 0.328 e. The lowest BCUT2D eigenvalue weighted by molar-refractivity contribution is -0.131. The monoisotopic (exact) mass is 296 g/mol. The molecular formula is C13H13BrO3. The molecule has 1 aromatic rings. The average molecular weight is 297 g/mol. The molecule has 90 valence electrons. The zero-order chi connectivity index (χ0) is 13.0. The number of carbonyl (C=O) groups excluding carboxylic acids is 1. The second-order valence-electron chi connectivity index (χ2n) is 3.72. The summed E-state index contributed by atoms with van der Waals surface area (Å²) in [5.41, 5.74) is 2.30. The summed E-state index contributed by atoms with van der Waals surface area (Å²) in [5, 5.41) is 8.53. The third-order valence-electron chi connectivity index (χ3n) is 2.32. The molecule has 3 nitrogen and oxygen atoms in total. The van der Waals surface area contributed by atoms with E-state index in [0.29, 0.717) is 5.56 Å². The molecule has 0 bridgehead atoms. The number of carbonyl (C=O) groups is 2. The Morgan fingerprint density at radius 3 is 2.53 bits per heavy atom. The van der Waals surface area contributed by atoms with Crippen molar-refractivity contribution in [2.45, 2.75) is 18.7 Å². The molecule has 0 saturated heterocycles. The van der Waals surface area contributed by atoms with Gasteiger partial charge in [0.25, 0.3) is 0 Å². The maximum absolute atomic E-state index is 11.7. The Morgan fingerprint density at radius 1 is 1.41 bits per heavy atom. The largest absolute Gasteiger partial charge is 0.478 e. The summed E-state index contributed by atoms with van der Waals surface area (Å²) in [4.78, 5) is 21.9. The van der Waals surface area contributed by atoms with Crippen LogP contribution in [0.1, 0.15) is 28.4 Å². The third-order valence-corrected chi connectivity index (χ3v) is 2.74. The first-order chi connectivity index (χ1) is 7.91. The molecule has 1 atom stereocenters. The molecule has 17 heavy (non-hydrogen) atoms. The number of alkyl halides is 1. The second kappa shape index (κ2) is 5.77. The fraction of sp³-hybridized carbons (Fsp3) is 0.231. The predicted octanol–water partition coefficient (Wildman–Crippen LogP) is 3.06. The van der Waals surface area contributed by atoms with Crippen LogP contribution in [0.2, 0.25) is 0 Å². The fourth-order valence-corrected chi connectivity index (χ4v) is 1.67. The van der Waals surface area contributed by atoms with E-state index in [-0.39, 0.29) is 10.6 Å². The Bertz CT molecular complexity index is 476. The second-order valence-corrected chi connectivity index (χ2v) is 5.10. The smallest absolute Gasteiger partial charge is 0.328 e. The van der Waals surface area contributed by atoms with E-state index in [1.165, 1.54) is 6.08 Å². The Hall–Kier alpha value is -1.42. The van der Waals surface area contributed by atoms with Gasteiger partial charge in [-0.15, -0.1) is 0 Å². The number of hydrogen-bond acceptors (Lipinski definition) is 2. The molecule has 4 heteroatoms. The first kappa shape index (κ1) is 13.6. The van der Waals surface area contributed by atoms with Crippen LogP contribution in [0, 0.1) is 6.92 Å². The maximum atomic E-state index is 11.7. The van der Waals surface area contributed by atoms with Crippen molar-refractivity contribution < 1.29 is 14.7 Å². The van der Waals surface area contributed by atoms with E-state index in [1.54, 1.807) is 25.1 Å². The quantitative estimate of drug-likeness (QED) is 0.528. The molecular weight excluding hydrogens is 284 g/mol. The normalized spacial score (nSPS) is 12.6. The topological polar surface area (TPSA) is 54.4 Å². The summed E-state index contributed by atoms with van der Waals surface area (Å²) in [6.45, 7) is 3.62. The number of carboxylic acid groups (broad SMARTS) is 1. The molecule has 0 saturated carbocycles. The van der Waals surface area contributed by atoms with E-state index in [2.05, 4.69) is 15.9 Å². The van der Waals surface area contributed by atoms with Gasteiger partial charge < -0.3 is 5.11 Å². The van der Waals surface area contributed by atoms with E-state index in [9.17, 15) is 9.59 Å². The first-order valence-electron chi connectivity index (χ1n) is 5.11. The highest BCUT2D eigenvalue weighted by molar-refractivity contribution is 9.10. The van der Waals surface area contributed by atoms with Crippen LogP contribution >= 0.6 is 15.9 Å². The minimum Gasteiger partial charge on any atom is -0.478 e. The molecule has 1 N–H and O–H groups in total. The SMILES string of the molecule is Cc1cc(C(=O)C(C)Br)ccc1/C=C/C(=O)O. The van der Waals surface area contributed by atoms with E-state index in [1.807, 2.05) is 6.92 Å². The number of aliphatic carboxylic acids is 1. The number of ketones is 1. The van der Waals surface area contributed by atoms with Crippen molar-refractivity contribution in [3.05, 3.63) is 41.0 Å². The van der Waals surface area contributed by atoms with Gasteiger partial charge >= 0.3 is 5.97 Å². The van der Waals surface area contributed by atoms with E-state index in [4.69, 9.17) is 5.11 Å². The van der Waals surface area contributed by atoms with Gasteiger partial charge in [0.05, 0.1) is 4.83 Å². The molecule has 1 aromatic carbocycles. The van der Waals surface area contributed by atoms with Gasteiger partial charge in [0.1, 0.15) is 0 Å². The molecule has 0 aromatic heterocycles. The van der Waals surface area contributed by atoms with Crippen molar-refractivity contribution in [2.24, 2.45) is 0 Å². The molecule has 0 amide bonds. The first-order valence-corrected chi connectivity index (χ1v) is 6.03. The highest BCUT2D eigenvalue weighted by atomic mass is 79.9. The Kier molecular flexibility index (Phi) is 4.63. The highest BCUT2D eigenvalue weighted by Crippen LogP contribution is 2.16. The fourth-order valence-electron chi connectivity index (χ4n) is 1.41. The van der Waals surface area contributed by atoms with Crippen LogP contribution in [0.5, 0.6) is 0 Å². The van der Waals surface area contributed by atoms with Gasteiger partial charge in [0, 0.05) is 11.6 Å². The van der Waals surface area contributed by atoms with Crippen molar-refractivity contribution in [2.75, 3.05) is 0 Å². The lowest BCUT2D eigenvalue weighted by Crippen LogP contribution is -2.10. The molecule has 0 radical (unpaired) electrons. The number of carboxylic acids is 1. The summed E-state index contributed by atoms with van der Waals surface area (Å²) in [5.74, 6) is -0.972. The minimum absolute atomic E-state index is 0.0156. The standard InChI is InChI=1S/C13H13BrO3/c1-8-7-11(13(17)9(2)14)4-3-10(8)5-6-12(15)16/h3-7,9H,1-2H3,(H,15,16)/b6-5+. The Balaban J connectivity index is 3.02. The molecule has 0 aliphatic heterocycles. The Labute approximate surface area is 108 Å². The van der Waals surface area contributed by atoms with E-state index >= 15 is 0 Å². The Morgan fingerprint density at radius 2 is 2.06 bits per heavy atom. The highest BCUT2D eigenvalue weighted by Gasteiger charge is 2.12. The van der Waals surface area contributed by atoms with Crippen molar-refractivity contribution in [3.63, 3.8) is 0 Å². The van der Waals surface area contributed by atoms with Crippen LogP contribution in [-0.2, 0) is 4.79 Å². The van der Waals surface area contributed by atoms with Gasteiger partial charge in [-0.1, -0.05) is 28.1 Å². The van der Waals surface area contributed by atoms with Crippen LogP contribution in [0.25, 0.3) is 6.08 Å². The molecule has 1 rings (SSSR count). The van der Waals surface area contributed by atoms with Crippen molar-refractivity contribution in [1.29, 1.82) is 0 Å². The lowest BCUT2D eigenvalue weighted by atomic mass is 10.0. The summed E-state index contributed by atoms with van der Waals surface area (Å²) in [7, 11) is 0. The number of benzene rings is 1. The number of aryl methyl sites for hydroxylation is 1. The number of hydrogen-bond donors (Lipinski definition) is 1. The van der Waals surface area contributed by atoms with Crippen LogP contribution < -0.4 is 0 Å². The summed E-state index contributed by atoms with van der Waals surface area (Å²) in [6.07, 6.45) is 2.60.